The van der Waals surface area contributed by atoms with E-state index in [0.29, 0.717) is 24.6 Å². The lowest BCUT2D eigenvalue weighted by molar-refractivity contribution is -0.122. The smallest absolute Gasteiger partial charge is 0.317 e. The number of nitrogens with zero attached hydrogens (tertiary/aromatic N) is 2. The summed E-state index contributed by atoms with van der Waals surface area (Å²) in [6, 6.07) is 0.121. The molecule has 1 aromatic heterocycles. The zero-order valence-electron chi connectivity index (χ0n) is 10.2. The van der Waals surface area contributed by atoms with Gasteiger partial charge in [0.05, 0.1) is 5.54 Å². The Bertz CT molecular complexity index is 417. The first-order valence-corrected chi connectivity index (χ1v) is 5.90. The second-order valence-electron chi connectivity index (χ2n) is 4.96. The first-order valence-electron chi connectivity index (χ1n) is 5.90. The maximum absolute atomic E-state index is 12.1. The molecule has 17 heavy (non-hydrogen) atoms. The quantitative estimate of drug-likeness (QED) is 0.808. The lowest BCUT2D eigenvalue weighted by Crippen LogP contribution is -2.53. The molecule has 0 aromatic carbocycles. The Labute approximate surface area is 99.9 Å². The highest BCUT2D eigenvalue weighted by Gasteiger charge is 2.38. The zero-order chi connectivity index (χ0) is 12.5. The number of carbonyl (C=O) groups excluding carboxylic acids is 1. The van der Waals surface area contributed by atoms with E-state index in [1.54, 1.807) is 6.92 Å². The van der Waals surface area contributed by atoms with Crippen molar-refractivity contribution in [3.05, 3.63) is 5.82 Å². The molecular formula is C11H18N4O2. The van der Waals surface area contributed by atoms with Crippen molar-refractivity contribution >= 4 is 11.9 Å². The Balaban J connectivity index is 2.03. The fourth-order valence-corrected chi connectivity index (χ4v) is 2.37. The Hall–Kier alpha value is -1.43. The molecule has 0 saturated heterocycles. The van der Waals surface area contributed by atoms with Crippen LogP contribution in [0.4, 0.5) is 6.01 Å². The van der Waals surface area contributed by atoms with Gasteiger partial charge < -0.3 is 10.3 Å². The number of aromatic nitrogens is 2. The summed E-state index contributed by atoms with van der Waals surface area (Å²) < 4.78 is 4.85. The average Bonchev–Trinajstić information content (AvgIpc) is 2.63. The summed E-state index contributed by atoms with van der Waals surface area (Å²) in [7, 11) is 0. The molecule has 1 saturated carbocycles. The van der Waals surface area contributed by atoms with Gasteiger partial charge in [-0.25, -0.2) is 0 Å². The first-order chi connectivity index (χ1) is 7.99. The fraction of sp³-hybridized carbons (Fsp3) is 0.727. The van der Waals surface area contributed by atoms with Gasteiger partial charge in [0, 0.05) is 0 Å². The van der Waals surface area contributed by atoms with Crippen LogP contribution in [0.5, 0.6) is 0 Å². The number of amides is 1. The van der Waals surface area contributed by atoms with Crippen LogP contribution in [0.2, 0.25) is 0 Å². The lowest BCUT2D eigenvalue weighted by atomic mass is 9.76. The van der Waals surface area contributed by atoms with E-state index in [4.69, 9.17) is 10.3 Å². The molecule has 0 aliphatic heterocycles. The normalized spacial score (nSPS) is 29.0. The van der Waals surface area contributed by atoms with Crippen molar-refractivity contribution in [1.29, 1.82) is 0 Å². The van der Waals surface area contributed by atoms with E-state index in [9.17, 15) is 4.79 Å². The number of anilines is 1. The summed E-state index contributed by atoms with van der Waals surface area (Å²) in [4.78, 5) is 16.0. The maximum Gasteiger partial charge on any atom is 0.328 e. The molecule has 2 unspecified atom stereocenters. The fourth-order valence-electron chi connectivity index (χ4n) is 2.37. The van der Waals surface area contributed by atoms with Crippen LogP contribution in [0, 0.1) is 12.8 Å². The van der Waals surface area contributed by atoms with E-state index < -0.39 is 5.54 Å². The summed E-state index contributed by atoms with van der Waals surface area (Å²) in [6.45, 7) is 3.81. The predicted molar refractivity (Wildman–Crippen MR) is 62.2 cm³/mol. The van der Waals surface area contributed by atoms with Crippen molar-refractivity contribution in [3.63, 3.8) is 0 Å². The molecule has 1 amide bonds. The van der Waals surface area contributed by atoms with Crippen molar-refractivity contribution in [2.75, 3.05) is 5.32 Å². The molecule has 0 bridgehead atoms. The summed E-state index contributed by atoms with van der Waals surface area (Å²) in [6.07, 6.45) is 3.52. The van der Waals surface area contributed by atoms with Crippen LogP contribution < -0.4 is 11.1 Å². The second-order valence-corrected chi connectivity index (χ2v) is 4.96. The van der Waals surface area contributed by atoms with Crippen LogP contribution in [0.3, 0.4) is 0 Å². The maximum atomic E-state index is 12.1. The third-order valence-electron chi connectivity index (χ3n) is 3.23. The minimum Gasteiger partial charge on any atom is -0.317 e. The van der Waals surface area contributed by atoms with Gasteiger partial charge in [-0.3, -0.25) is 10.1 Å². The largest absolute Gasteiger partial charge is 0.328 e. The molecule has 1 aliphatic rings. The molecule has 1 fully saturated rings. The highest BCUT2D eigenvalue weighted by molar-refractivity contribution is 5.96. The molecule has 1 aliphatic carbocycles. The molecule has 2 rings (SSSR count). The summed E-state index contributed by atoms with van der Waals surface area (Å²) in [5.41, 5.74) is 5.34. The van der Waals surface area contributed by atoms with Crippen LogP contribution in [0.1, 0.15) is 38.4 Å². The van der Waals surface area contributed by atoms with E-state index in [1.165, 1.54) is 0 Å². The summed E-state index contributed by atoms with van der Waals surface area (Å²) in [5, 5.41) is 6.20. The topological polar surface area (TPSA) is 94.0 Å². The van der Waals surface area contributed by atoms with Crippen LogP contribution in [0.15, 0.2) is 4.52 Å². The van der Waals surface area contributed by atoms with Crippen LogP contribution >= 0.6 is 0 Å². The Kier molecular flexibility index (Phi) is 3.15. The van der Waals surface area contributed by atoms with Gasteiger partial charge in [0.25, 0.3) is 0 Å². The average molecular weight is 238 g/mol. The highest BCUT2D eigenvalue weighted by atomic mass is 16.5. The van der Waals surface area contributed by atoms with Crippen molar-refractivity contribution in [1.82, 2.24) is 10.1 Å². The molecular weight excluding hydrogens is 220 g/mol. The van der Waals surface area contributed by atoms with Gasteiger partial charge in [-0.1, -0.05) is 24.9 Å². The lowest BCUT2D eigenvalue weighted by Gasteiger charge is -2.34. The van der Waals surface area contributed by atoms with E-state index >= 15 is 0 Å². The SMILES string of the molecule is Cc1noc(NC(=O)C2(N)CCCC(C)C2)n1. The van der Waals surface area contributed by atoms with E-state index in [1.807, 2.05) is 0 Å². The van der Waals surface area contributed by atoms with Crippen molar-refractivity contribution in [3.8, 4) is 0 Å². The van der Waals surface area contributed by atoms with Gasteiger partial charge >= 0.3 is 6.01 Å². The molecule has 0 spiro atoms. The molecule has 6 heteroatoms. The third-order valence-corrected chi connectivity index (χ3v) is 3.23. The molecule has 1 heterocycles. The minimum atomic E-state index is -0.806. The molecule has 3 N–H and O–H groups in total. The standard InChI is InChI=1S/C11H18N4O2/c1-7-4-3-5-11(12,6-7)9(16)14-10-13-8(2)15-17-10/h7H,3-6,12H2,1-2H3,(H,13,14,15,16). The van der Waals surface area contributed by atoms with Crippen LogP contribution in [-0.4, -0.2) is 21.6 Å². The van der Waals surface area contributed by atoms with Gasteiger partial charge in [-0.05, 0) is 25.7 Å². The molecule has 2 atom stereocenters. The summed E-state index contributed by atoms with van der Waals surface area (Å²) in [5.74, 6) is 0.736. The van der Waals surface area contributed by atoms with Crippen molar-refractivity contribution in [2.24, 2.45) is 11.7 Å². The molecule has 0 radical (unpaired) electrons. The van der Waals surface area contributed by atoms with Crippen molar-refractivity contribution < 1.29 is 9.32 Å². The van der Waals surface area contributed by atoms with E-state index in [2.05, 4.69) is 22.4 Å². The Morgan fingerprint density at radius 3 is 3.00 bits per heavy atom. The summed E-state index contributed by atoms with van der Waals surface area (Å²) >= 11 is 0. The highest BCUT2D eigenvalue weighted by Crippen LogP contribution is 2.31. The number of carbonyl (C=O) groups is 1. The minimum absolute atomic E-state index is 0.121. The van der Waals surface area contributed by atoms with Gasteiger partial charge in [0.2, 0.25) is 5.91 Å². The Morgan fingerprint density at radius 1 is 1.65 bits per heavy atom. The predicted octanol–water partition coefficient (Wildman–Crippen LogP) is 1.22. The molecule has 1 aromatic rings. The van der Waals surface area contributed by atoms with Crippen LogP contribution in [-0.2, 0) is 4.79 Å². The van der Waals surface area contributed by atoms with Gasteiger partial charge in [-0.2, -0.15) is 4.98 Å². The number of nitrogens with one attached hydrogen (secondary N) is 1. The number of nitrogens with two attached hydrogens (primary N) is 1. The number of hydrogen-bond acceptors (Lipinski definition) is 5. The zero-order valence-corrected chi connectivity index (χ0v) is 10.2. The van der Waals surface area contributed by atoms with E-state index in [0.717, 1.165) is 12.8 Å². The monoisotopic (exact) mass is 238 g/mol. The number of hydrogen-bond donors (Lipinski definition) is 2. The Morgan fingerprint density at radius 2 is 2.41 bits per heavy atom. The van der Waals surface area contributed by atoms with Gasteiger partial charge in [0.15, 0.2) is 5.82 Å². The molecule has 94 valence electrons. The van der Waals surface area contributed by atoms with Gasteiger partial charge in [-0.15, -0.1) is 0 Å². The second kappa shape index (κ2) is 4.44. The molecule has 6 nitrogen and oxygen atoms in total. The number of rotatable bonds is 2. The first kappa shape index (κ1) is 12.0. The van der Waals surface area contributed by atoms with Gasteiger partial charge in [0.1, 0.15) is 0 Å². The van der Waals surface area contributed by atoms with E-state index in [-0.39, 0.29) is 11.9 Å². The van der Waals surface area contributed by atoms with Crippen LogP contribution in [0.25, 0.3) is 0 Å². The third kappa shape index (κ3) is 2.63. The number of aryl methyl sites for hydroxylation is 1. The van der Waals surface area contributed by atoms with Crippen molar-refractivity contribution in [2.45, 2.75) is 45.1 Å².